The second kappa shape index (κ2) is 7.38. The van der Waals surface area contributed by atoms with E-state index in [1.54, 1.807) is 18.2 Å². The van der Waals surface area contributed by atoms with Gasteiger partial charge in [0.1, 0.15) is 0 Å². The van der Waals surface area contributed by atoms with Crippen molar-refractivity contribution < 1.29 is 17.5 Å². The third kappa shape index (κ3) is 3.70. The van der Waals surface area contributed by atoms with Gasteiger partial charge in [0, 0.05) is 18.1 Å². The summed E-state index contributed by atoms with van der Waals surface area (Å²) in [5, 5.41) is -0.564. The lowest BCUT2D eigenvalue weighted by Crippen LogP contribution is -2.27. The average molecular weight is 478 g/mol. The van der Waals surface area contributed by atoms with Crippen molar-refractivity contribution in [2.45, 2.75) is 35.6 Å². The highest BCUT2D eigenvalue weighted by atomic mass is 35.5. The third-order valence-electron chi connectivity index (χ3n) is 6.13. The fourth-order valence-electron chi connectivity index (χ4n) is 4.21. The fourth-order valence-corrected chi connectivity index (χ4v) is 5.71. The van der Waals surface area contributed by atoms with Gasteiger partial charge in [0.05, 0.1) is 9.93 Å². The molecule has 4 rings (SSSR count). The maximum atomic E-state index is 12.8. The molecular formula is C21H20Cl3FO3S. The molecule has 3 nitrogen and oxygen atoms in total. The summed E-state index contributed by atoms with van der Waals surface area (Å²) in [5.74, 6) is -0.199. The predicted molar refractivity (Wildman–Crippen MR) is 114 cm³/mol. The lowest BCUT2D eigenvalue weighted by molar-refractivity contribution is 0.137. The second-order valence-electron chi connectivity index (χ2n) is 7.95. The number of methoxy groups -OCH3 is 1. The van der Waals surface area contributed by atoms with E-state index in [1.807, 2.05) is 6.08 Å². The highest BCUT2D eigenvalue weighted by Crippen LogP contribution is 2.64. The maximum Gasteiger partial charge on any atom is 0.207 e. The minimum atomic E-state index is -3.88. The predicted octanol–water partition coefficient (Wildman–Crippen LogP) is 6.17. The molecule has 1 fully saturated rings. The van der Waals surface area contributed by atoms with Gasteiger partial charge in [0.2, 0.25) is 9.84 Å². The normalized spacial score (nSPS) is 28.5. The van der Waals surface area contributed by atoms with Gasteiger partial charge >= 0.3 is 0 Å². The van der Waals surface area contributed by atoms with Crippen LogP contribution in [0.3, 0.4) is 0 Å². The number of halogens is 4. The Bertz CT molecular complexity index is 1040. The van der Waals surface area contributed by atoms with Crippen molar-refractivity contribution in [3.63, 3.8) is 0 Å². The SMILES string of the molecule is COC1(Cl)C=CC(C2=C(c3ccc(S(=O)(=O)CF)cc3)CC3(CC3)C2)C(Cl)=C1Cl. The molecule has 0 bridgehead atoms. The zero-order valence-electron chi connectivity index (χ0n) is 15.7. The first-order chi connectivity index (χ1) is 13.6. The Balaban J connectivity index is 1.75. The molecule has 29 heavy (non-hydrogen) atoms. The number of sulfone groups is 1. The van der Waals surface area contributed by atoms with Crippen molar-refractivity contribution in [2.24, 2.45) is 11.3 Å². The Hall–Kier alpha value is -0.850. The van der Waals surface area contributed by atoms with E-state index in [0.29, 0.717) is 5.03 Å². The van der Waals surface area contributed by atoms with Crippen LogP contribution in [-0.4, -0.2) is 26.6 Å². The van der Waals surface area contributed by atoms with Crippen molar-refractivity contribution in [3.8, 4) is 0 Å². The maximum absolute atomic E-state index is 12.8. The van der Waals surface area contributed by atoms with Crippen LogP contribution in [0.1, 0.15) is 31.2 Å². The number of hydrogen-bond acceptors (Lipinski definition) is 3. The summed E-state index contributed by atoms with van der Waals surface area (Å²) < 4.78 is 41.6. The van der Waals surface area contributed by atoms with Crippen LogP contribution >= 0.6 is 34.8 Å². The lowest BCUT2D eigenvalue weighted by atomic mass is 9.88. The molecule has 0 N–H and O–H groups in total. The van der Waals surface area contributed by atoms with E-state index in [9.17, 15) is 12.8 Å². The van der Waals surface area contributed by atoms with Crippen LogP contribution in [0.4, 0.5) is 4.39 Å². The van der Waals surface area contributed by atoms with Crippen LogP contribution in [-0.2, 0) is 14.6 Å². The molecule has 0 heterocycles. The molecular weight excluding hydrogens is 458 g/mol. The van der Waals surface area contributed by atoms with E-state index >= 15 is 0 Å². The van der Waals surface area contributed by atoms with Crippen LogP contribution < -0.4 is 0 Å². The third-order valence-corrected chi connectivity index (χ3v) is 8.97. The van der Waals surface area contributed by atoms with Gasteiger partial charge in [0.25, 0.3) is 0 Å². The minimum Gasteiger partial charge on any atom is -0.354 e. The van der Waals surface area contributed by atoms with Crippen molar-refractivity contribution in [1.29, 1.82) is 0 Å². The Kier molecular flexibility index (Phi) is 5.44. The highest BCUT2D eigenvalue weighted by Gasteiger charge is 2.50. The van der Waals surface area contributed by atoms with E-state index < -0.39 is 20.9 Å². The van der Waals surface area contributed by atoms with Gasteiger partial charge in [0.15, 0.2) is 11.1 Å². The molecule has 0 aliphatic heterocycles. The van der Waals surface area contributed by atoms with Gasteiger partial charge in [-0.25, -0.2) is 12.8 Å². The van der Waals surface area contributed by atoms with E-state index in [-0.39, 0.29) is 21.3 Å². The molecule has 8 heteroatoms. The lowest BCUT2D eigenvalue weighted by Gasteiger charge is -2.30. The van der Waals surface area contributed by atoms with Crippen molar-refractivity contribution in [3.05, 3.63) is 57.6 Å². The number of ether oxygens (including phenoxy) is 1. The van der Waals surface area contributed by atoms with Gasteiger partial charge in [-0.1, -0.05) is 58.6 Å². The number of allylic oxidation sites excluding steroid dienone is 4. The Labute approximate surface area is 185 Å². The molecule has 1 saturated carbocycles. The monoisotopic (exact) mass is 476 g/mol. The molecule has 3 aliphatic carbocycles. The molecule has 3 aliphatic rings. The first-order valence-electron chi connectivity index (χ1n) is 9.25. The van der Waals surface area contributed by atoms with Crippen LogP contribution in [0.25, 0.3) is 5.57 Å². The molecule has 1 aromatic rings. The van der Waals surface area contributed by atoms with E-state index in [2.05, 4.69) is 0 Å². The second-order valence-corrected chi connectivity index (χ2v) is 11.2. The number of rotatable bonds is 5. The van der Waals surface area contributed by atoms with Gasteiger partial charge < -0.3 is 4.74 Å². The molecule has 156 valence electrons. The van der Waals surface area contributed by atoms with Crippen molar-refractivity contribution in [2.75, 3.05) is 13.1 Å². The van der Waals surface area contributed by atoms with Crippen LogP contribution in [0, 0.1) is 11.3 Å². The standard InChI is InChI=1S/C21H20Cl3FO3S/c1-28-21(24)7-6-15(18(22)19(21)23)17-11-20(8-9-20)10-16(17)13-2-4-14(5-3-13)29(26,27)12-25/h2-7,15H,8-12H2,1H3. The van der Waals surface area contributed by atoms with E-state index in [4.69, 9.17) is 39.5 Å². The van der Waals surface area contributed by atoms with Gasteiger partial charge in [-0.2, -0.15) is 0 Å². The fraction of sp³-hybridized carbons (Fsp3) is 0.429. The summed E-state index contributed by atoms with van der Waals surface area (Å²) >= 11 is 19.4. The zero-order valence-corrected chi connectivity index (χ0v) is 18.8. The number of alkyl halides is 2. The summed E-state index contributed by atoms with van der Waals surface area (Å²) in [7, 11) is -2.41. The summed E-state index contributed by atoms with van der Waals surface area (Å²) in [6.45, 7) is 0. The molecule has 1 spiro atoms. The van der Waals surface area contributed by atoms with Crippen LogP contribution in [0.2, 0.25) is 0 Å². The molecule has 0 radical (unpaired) electrons. The molecule has 1 aromatic carbocycles. The molecule has 2 unspecified atom stereocenters. The summed E-state index contributed by atoms with van der Waals surface area (Å²) in [5.41, 5.74) is 3.48. The van der Waals surface area contributed by atoms with E-state index in [0.717, 1.165) is 42.4 Å². The summed E-state index contributed by atoms with van der Waals surface area (Å²) in [6, 6.07) is 5.00. The molecule has 0 saturated heterocycles. The largest absolute Gasteiger partial charge is 0.354 e. The van der Waals surface area contributed by atoms with Gasteiger partial charge in [-0.3, -0.25) is 0 Å². The smallest absolute Gasteiger partial charge is 0.207 e. The first-order valence-corrected chi connectivity index (χ1v) is 12.0. The number of hydrogen-bond donors (Lipinski definition) is 0. The molecule has 0 amide bonds. The zero-order chi connectivity index (χ0) is 21.0. The highest BCUT2D eigenvalue weighted by molar-refractivity contribution is 7.91. The van der Waals surface area contributed by atoms with Gasteiger partial charge in [-0.05, 0) is 60.4 Å². The van der Waals surface area contributed by atoms with Crippen molar-refractivity contribution in [1.82, 2.24) is 0 Å². The van der Waals surface area contributed by atoms with Crippen LogP contribution in [0.15, 0.2) is 57.0 Å². The quantitative estimate of drug-likeness (QED) is 0.376. The molecule has 0 aromatic heterocycles. The summed E-state index contributed by atoms with van der Waals surface area (Å²) in [4.78, 5) is -0.0180. The number of benzene rings is 1. The van der Waals surface area contributed by atoms with E-state index in [1.165, 1.54) is 19.2 Å². The Morgan fingerprint density at radius 3 is 2.38 bits per heavy atom. The Morgan fingerprint density at radius 2 is 1.83 bits per heavy atom. The van der Waals surface area contributed by atoms with Crippen LogP contribution in [0.5, 0.6) is 0 Å². The summed E-state index contributed by atoms with van der Waals surface area (Å²) in [6.07, 6.45) is 7.75. The Morgan fingerprint density at radius 1 is 1.17 bits per heavy atom. The molecule has 2 atom stereocenters. The van der Waals surface area contributed by atoms with Gasteiger partial charge in [-0.15, -0.1) is 0 Å². The first kappa shape index (κ1) is 21.4. The topological polar surface area (TPSA) is 43.4 Å². The minimum absolute atomic E-state index is 0.0180. The van der Waals surface area contributed by atoms with Crippen molar-refractivity contribution >= 4 is 50.2 Å². The average Bonchev–Trinajstić information content (AvgIpc) is 3.37.